The second-order valence-electron chi connectivity index (χ2n) is 18.9. The summed E-state index contributed by atoms with van der Waals surface area (Å²) >= 11 is 0. The van der Waals surface area contributed by atoms with Crippen LogP contribution in [0, 0.1) is 5.92 Å². The summed E-state index contributed by atoms with van der Waals surface area (Å²) in [6.45, 7) is 2.47. The van der Waals surface area contributed by atoms with E-state index in [0.717, 1.165) is 0 Å². The predicted octanol–water partition coefficient (Wildman–Crippen LogP) is -2.61. The minimum absolute atomic E-state index is 0.0860. The Morgan fingerprint density at radius 3 is 1.69 bits per heavy atom. The van der Waals surface area contributed by atoms with E-state index in [-0.39, 0.29) is 56.9 Å². The molecule has 2 aromatic rings. The minimum Gasteiger partial charge on any atom is -0.508 e. The van der Waals surface area contributed by atoms with Gasteiger partial charge in [-0.25, -0.2) is 0 Å². The van der Waals surface area contributed by atoms with Crippen molar-refractivity contribution in [2.45, 2.75) is 140 Å². The summed E-state index contributed by atoms with van der Waals surface area (Å²) in [7, 11) is 0. The molecule has 1 fully saturated rings. The van der Waals surface area contributed by atoms with Crippen LogP contribution in [0.5, 0.6) is 17.2 Å². The molecule has 3 rings (SSSR count). The van der Waals surface area contributed by atoms with Crippen molar-refractivity contribution < 1.29 is 88.2 Å². The van der Waals surface area contributed by atoms with E-state index in [2.05, 4.69) is 47.9 Å². The van der Waals surface area contributed by atoms with Crippen LogP contribution in [-0.4, -0.2) is 164 Å². The number of hydrogen-bond donors (Lipinski definition) is 16. The van der Waals surface area contributed by atoms with Crippen molar-refractivity contribution in [3.05, 3.63) is 53.6 Å². The summed E-state index contributed by atoms with van der Waals surface area (Å²) in [5.41, 5.74) is 6.54. The largest absolute Gasteiger partial charge is 0.508 e. The van der Waals surface area contributed by atoms with Crippen LogP contribution in [0.15, 0.2) is 42.5 Å². The quantitative estimate of drug-likeness (QED) is 0.0477. The highest BCUT2D eigenvalue weighted by Crippen LogP contribution is 2.25. The van der Waals surface area contributed by atoms with Crippen molar-refractivity contribution >= 4 is 71.1 Å². The summed E-state index contributed by atoms with van der Waals surface area (Å²) in [6.07, 6.45) is -4.71. The second kappa shape index (κ2) is 32.1. The summed E-state index contributed by atoms with van der Waals surface area (Å²) in [6, 6.07) is -2.15. The molecule has 1 heterocycles. The first kappa shape index (κ1) is 63.7. The Morgan fingerprint density at radius 1 is 0.590 bits per heavy atom. The van der Waals surface area contributed by atoms with Gasteiger partial charge in [0.1, 0.15) is 48.0 Å². The topological polar surface area (TPSA) is 461 Å². The summed E-state index contributed by atoms with van der Waals surface area (Å²) in [4.78, 5) is 160. The van der Waals surface area contributed by atoms with Gasteiger partial charge in [-0.2, -0.15) is 0 Å². The maximum atomic E-state index is 14.3. The van der Waals surface area contributed by atoms with Crippen LogP contribution in [0.3, 0.4) is 0 Å². The molecule has 0 aromatic heterocycles. The first-order valence-electron chi connectivity index (χ1n) is 25.2. The number of carbonyl (C=O) groups is 12. The lowest BCUT2D eigenvalue weighted by Crippen LogP contribution is -2.59. The highest BCUT2D eigenvalue weighted by Gasteiger charge is 2.35. The molecule has 428 valence electrons. The van der Waals surface area contributed by atoms with Crippen LogP contribution in [0.2, 0.25) is 0 Å². The van der Waals surface area contributed by atoms with E-state index in [1.807, 2.05) is 0 Å². The van der Waals surface area contributed by atoms with E-state index in [0.29, 0.717) is 17.5 Å². The lowest BCUT2D eigenvalue weighted by atomic mass is 10.0. The minimum atomic E-state index is -1.96. The fourth-order valence-electron chi connectivity index (χ4n) is 7.88. The fraction of sp³-hybridized carbons (Fsp3) is 0.520. The lowest BCUT2D eigenvalue weighted by molar-refractivity contribution is -0.141. The van der Waals surface area contributed by atoms with Gasteiger partial charge in [-0.15, -0.1) is 0 Å². The lowest BCUT2D eigenvalue weighted by Gasteiger charge is -2.27. The number of carboxylic acids is 3. The molecule has 28 heteroatoms. The Bertz CT molecular complexity index is 2470. The Morgan fingerprint density at radius 2 is 1.12 bits per heavy atom. The fourth-order valence-corrected chi connectivity index (χ4v) is 7.88. The molecule has 28 nitrogen and oxygen atoms in total. The van der Waals surface area contributed by atoms with Gasteiger partial charge in [-0.1, -0.05) is 32.0 Å². The van der Waals surface area contributed by atoms with Crippen LogP contribution in [0.25, 0.3) is 0 Å². The molecule has 0 bridgehead atoms. The van der Waals surface area contributed by atoms with Crippen molar-refractivity contribution in [1.29, 1.82) is 0 Å². The Balaban J connectivity index is 2.16. The number of unbranched alkanes of at least 4 members (excludes halogenated alkanes) is 1. The number of phenolic OH excluding ortho intramolecular Hbond substituents is 3. The zero-order chi connectivity index (χ0) is 58.1. The zero-order valence-corrected chi connectivity index (χ0v) is 43.1. The number of rotatable bonds is 20. The maximum Gasteiger partial charge on any atom is 0.305 e. The van der Waals surface area contributed by atoms with Crippen LogP contribution in [0.4, 0.5) is 0 Å². The van der Waals surface area contributed by atoms with Crippen LogP contribution in [-0.2, 0) is 70.4 Å². The van der Waals surface area contributed by atoms with E-state index in [9.17, 15) is 88.2 Å². The van der Waals surface area contributed by atoms with Crippen molar-refractivity contribution in [2.75, 3.05) is 19.6 Å². The first-order valence-corrected chi connectivity index (χ1v) is 25.2. The monoisotopic (exact) mass is 1100 g/mol. The number of nitrogens with one attached hydrogen (secondary N) is 9. The van der Waals surface area contributed by atoms with E-state index < -0.39 is 176 Å². The number of aliphatic carboxylic acids is 3. The number of hydrogen-bond acceptors (Lipinski definition) is 16. The number of carboxylic acid groups (broad SMARTS) is 3. The number of nitrogens with two attached hydrogens (primary N) is 1. The van der Waals surface area contributed by atoms with E-state index in [1.54, 1.807) is 13.8 Å². The molecule has 1 saturated heterocycles. The first-order chi connectivity index (χ1) is 36.8. The molecule has 2 aromatic carbocycles. The molecule has 0 saturated carbocycles. The van der Waals surface area contributed by atoms with Crippen LogP contribution >= 0.6 is 0 Å². The molecule has 0 radical (unpaired) electrons. The van der Waals surface area contributed by atoms with Crippen LogP contribution < -0.4 is 53.6 Å². The third kappa shape index (κ3) is 23.1. The molecule has 17 N–H and O–H groups in total. The molecule has 9 amide bonds. The normalized spacial score (nSPS) is 21.8. The smallest absolute Gasteiger partial charge is 0.305 e. The molecule has 78 heavy (non-hydrogen) atoms. The summed E-state index contributed by atoms with van der Waals surface area (Å²) < 4.78 is 0. The number of phenols is 3. The highest BCUT2D eigenvalue weighted by atomic mass is 16.4. The number of amides is 9. The SMILES string of the molecule is CC(C)C[C@@H]1NC(=O)CNC(=O)[C@H](CCC(=O)O)NC(=O)[C@H](CC(=O)O)NC(=O)[C@H](CCCCN)NC(=O)[C@H](Cc2ccc(O)cc2)NC(=O)CC[C@@H](C(=O)NCCc2ccc(O)c(O)c2)NC(=O)[C@H](CCC(=O)O)NC1=O. The third-order valence-electron chi connectivity index (χ3n) is 12.0. The maximum absolute atomic E-state index is 14.3. The summed E-state index contributed by atoms with van der Waals surface area (Å²) in [5, 5.41) is 80.1. The Hall–Kier alpha value is -8.56. The molecule has 0 aliphatic carbocycles. The van der Waals surface area contributed by atoms with Crippen molar-refractivity contribution in [3.8, 4) is 17.2 Å². The van der Waals surface area contributed by atoms with Gasteiger partial charge in [0.25, 0.3) is 0 Å². The number of aromatic hydroxyl groups is 3. The van der Waals surface area contributed by atoms with Gasteiger partial charge in [0.2, 0.25) is 53.2 Å². The van der Waals surface area contributed by atoms with Crippen molar-refractivity contribution in [2.24, 2.45) is 11.7 Å². The molecule has 0 spiro atoms. The van der Waals surface area contributed by atoms with Gasteiger partial charge >= 0.3 is 17.9 Å². The molecule has 7 atom stereocenters. The van der Waals surface area contributed by atoms with Gasteiger partial charge in [-0.05, 0) is 99.2 Å². The average molecular weight is 1100 g/mol. The average Bonchev–Trinajstić information content (AvgIpc) is 3.36. The van der Waals surface area contributed by atoms with Crippen LogP contribution in [0.1, 0.15) is 95.6 Å². The third-order valence-corrected chi connectivity index (χ3v) is 12.0. The second-order valence-corrected chi connectivity index (χ2v) is 18.9. The van der Waals surface area contributed by atoms with Crippen molar-refractivity contribution in [3.63, 3.8) is 0 Å². The molecular formula is C50H70N10O18. The van der Waals surface area contributed by atoms with E-state index >= 15 is 0 Å². The Labute approximate surface area is 447 Å². The van der Waals surface area contributed by atoms with Gasteiger partial charge in [0.05, 0.1) is 13.0 Å². The standard InChI is InChI=1S/C50H70N10O18/c1-26(2)21-34-48(76)59-33(13-17-42(68)69)47(75)57-31(44(72)52-20-18-28-8-14-37(62)38(63)23-28)11-15-39(64)54-35(22-27-6-9-29(61)10-7-27)49(77)56-30(5-3-4-19-51)46(74)60-36(24-43(70)71)50(78)58-32(12-16-41(66)67)45(73)53-25-40(65)55-34/h6-10,14,23,26,30-36,61-63H,3-5,11-13,15-22,24-25,51H2,1-2H3,(H,52,72)(H,53,73)(H,54,64)(H,55,65)(H,56,77)(H,57,75)(H,58,78)(H,59,76)(H,60,74)(H,66,67)(H,68,69)(H,70,71)/t30-,31-,32-,33-,34-,35-,36-/m0/s1. The summed E-state index contributed by atoms with van der Waals surface area (Å²) in [5.74, 6) is -15.1. The molecule has 1 aliphatic rings. The Kier molecular flexibility index (Phi) is 26.2. The van der Waals surface area contributed by atoms with Crippen molar-refractivity contribution in [1.82, 2.24) is 47.9 Å². The molecule has 1 aliphatic heterocycles. The molecule has 0 unspecified atom stereocenters. The zero-order valence-electron chi connectivity index (χ0n) is 43.1. The number of benzene rings is 2. The van der Waals surface area contributed by atoms with Gasteiger partial charge < -0.3 is 84.2 Å². The van der Waals surface area contributed by atoms with E-state index in [4.69, 9.17) is 5.73 Å². The van der Waals surface area contributed by atoms with Gasteiger partial charge in [0, 0.05) is 32.2 Å². The highest BCUT2D eigenvalue weighted by molar-refractivity contribution is 5.98. The van der Waals surface area contributed by atoms with E-state index in [1.165, 1.54) is 42.5 Å². The molecular weight excluding hydrogens is 1030 g/mol. The van der Waals surface area contributed by atoms with Gasteiger partial charge in [0.15, 0.2) is 11.5 Å². The predicted molar refractivity (Wildman–Crippen MR) is 272 cm³/mol. The van der Waals surface area contributed by atoms with Gasteiger partial charge in [-0.3, -0.25) is 57.5 Å². The number of carbonyl (C=O) groups excluding carboxylic acids is 9.